The summed E-state index contributed by atoms with van der Waals surface area (Å²) in [6.45, 7) is 2.03. The van der Waals surface area contributed by atoms with Crippen molar-refractivity contribution < 1.29 is 18.8 Å². The minimum atomic E-state index is -1.07. The van der Waals surface area contributed by atoms with Gasteiger partial charge in [-0.2, -0.15) is 0 Å². The summed E-state index contributed by atoms with van der Waals surface area (Å²) in [6.07, 6.45) is 4.45. The Morgan fingerprint density at radius 3 is 2.61 bits per heavy atom. The van der Waals surface area contributed by atoms with Gasteiger partial charge < -0.3 is 10.2 Å². The minimum Gasteiger partial charge on any atom is -0.334 e. The Morgan fingerprint density at radius 1 is 1.18 bits per heavy atom. The largest absolute Gasteiger partial charge is 0.334 e. The number of fused-ring (bicyclic) bond motifs is 2. The Hall–Kier alpha value is -3.22. The Balaban J connectivity index is 1.37. The summed E-state index contributed by atoms with van der Waals surface area (Å²) < 4.78 is 13.4. The molecule has 1 saturated carbocycles. The van der Waals surface area contributed by atoms with E-state index >= 15 is 0 Å². The molecule has 5 rings (SSSR count). The molecule has 0 bridgehead atoms. The summed E-state index contributed by atoms with van der Waals surface area (Å²) in [6, 6.07) is 13.2. The van der Waals surface area contributed by atoms with Crippen LogP contribution < -0.4 is 5.32 Å². The second-order valence-corrected chi connectivity index (χ2v) is 9.46. The molecule has 33 heavy (non-hydrogen) atoms. The molecule has 2 fully saturated rings. The van der Waals surface area contributed by atoms with E-state index in [1.165, 1.54) is 12.1 Å². The molecular formula is C26H28FN3O3. The lowest BCUT2D eigenvalue weighted by atomic mass is 9.79. The van der Waals surface area contributed by atoms with Gasteiger partial charge in [-0.15, -0.1) is 0 Å². The first kappa shape index (κ1) is 21.6. The van der Waals surface area contributed by atoms with Gasteiger partial charge in [0.2, 0.25) is 5.91 Å². The highest BCUT2D eigenvalue weighted by atomic mass is 19.1. The van der Waals surface area contributed by atoms with Crippen LogP contribution in [0.5, 0.6) is 0 Å². The number of benzene rings is 2. The third-order valence-corrected chi connectivity index (χ3v) is 7.63. The lowest BCUT2D eigenvalue weighted by Gasteiger charge is -2.39. The van der Waals surface area contributed by atoms with E-state index in [9.17, 15) is 18.8 Å². The van der Waals surface area contributed by atoms with Gasteiger partial charge in [-0.05, 0) is 67.3 Å². The van der Waals surface area contributed by atoms with Gasteiger partial charge >= 0.3 is 6.03 Å². The number of halogens is 1. The normalized spacial score (nSPS) is 22.8. The second-order valence-electron chi connectivity index (χ2n) is 9.46. The van der Waals surface area contributed by atoms with Crippen molar-refractivity contribution >= 4 is 17.8 Å². The van der Waals surface area contributed by atoms with E-state index in [0.29, 0.717) is 25.3 Å². The third-order valence-electron chi connectivity index (χ3n) is 7.63. The van der Waals surface area contributed by atoms with E-state index < -0.39 is 11.6 Å². The third kappa shape index (κ3) is 3.69. The van der Waals surface area contributed by atoms with Crippen LogP contribution in [0.2, 0.25) is 0 Å². The molecule has 2 aliphatic carbocycles. The van der Waals surface area contributed by atoms with Crippen LogP contribution in [0, 0.1) is 11.7 Å². The monoisotopic (exact) mass is 449 g/mol. The standard InChI is InChI=1S/C26H28FN3O3/c1-17(19-6-4-7-19)29(15-18-9-11-21(27)12-10-18)23(31)16-30-24(32)26(28-25(30)33)14-13-20-5-2-3-8-22(20)26/h2-3,5,8-12,17,19H,4,6-7,13-16H2,1H3,(H,28,33)/t17-,26-/m0/s1. The molecule has 1 saturated heterocycles. The maximum Gasteiger partial charge on any atom is 0.325 e. The van der Waals surface area contributed by atoms with Crippen molar-refractivity contribution in [1.29, 1.82) is 0 Å². The number of nitrogens with one attached hydrogen (secondary N) is 1. The molecule has 1 heterocycles. The zero-order chi connectivity index (χ0) is 23.2. The number of amides is 4. The first-order valence-electron chi connectivity index (χ1n) is 11.7. The van der Waals surface area contributed by atoms with Crippen LogP contribution in [-0.4, -0.2) is 40.2 Å². The molecular weight excluding hydrogens is 421 g/mol. The molecule has 0 radical (unpaired) electrons. The summed E-state index contributed by atoms with van der Waals surface area (Å²) in [5, 5.41) is 2.88. The summed E-state index contributed by atoms with van der Waals surface area (Å²) in [4.78, 5) is 42.6. The number of carbonyl (C=O) groups is 3. The Labute approximate surface area is 192 Å². The van der Waals surface area contributed by atoms with Crippen LogP contribution in [0.4, 0.5) is 9.18 Å². The SMILES string of the molecule is C[C@@H](C1CCC1)N(Cc1ccc(F)cc1)C(=O)CN1C(=O)N[C@]2(CCc3ccccc32)C1=O. The molecule has 0 unspecified atom stereocenters. The van der Waals surface area contributed by atoms with Gasteiger partial charge in [-0.25, -0.2) is 9.18 Å². The second kappa shape index (κ2) is 8.28. The highest BCUT2D eigenvalue weighted by Crippen LogP contribution is 2.41. The summed E-state index contributed by atoms with van der Waals surface area (Å²) in [5.41, 5.74) is 1.62. The lowest BCUT2D eigenvalue weighted by Crippen LogP contribution is -2.49. The van der Waals surface area contributed by atoms with Crippen LogP contribution in [-0.2, 0) is 28.1 Å². The zero-order valence-electron chi connectivity index (χ0n) is 18.7. The Morgan fingerprint density at radius 2 is 1.91 bits per heavy atom. The van der Waals surface area contributed by atoms with Crippen molar-refractivity contribution in [2.24, 2.45) is 5.92 Å². The van der Waals surface area contributed by atoms with Crippen molar-refractivity contribution in [3.8, 4) is 0 Å². The average molecular weight is 450 g/mol. The quantitative estimate of drug-likeness (QED) is 0.683. The highest BCUT2D eigenvalue weighted by Gasteiger charge is 2.55. The van der Waals surface area contributed by atoms with E-state index in [1.54, 1.807) is 17.0 Å². The first-order chi connectivity index (χ1) is 15.9. The van der Waals surface area contributed by atoms with Gasteiger partial charge in [0.25, 0.3) is 5.91 Å². The number of hydrogen-bond acceptors (Lipinski definition) is 3. The molecule has 2 aromatic rings. The van der Waals surface area contributed by atoms with E-state index in [1.807, 2.05) is 31.2 Å². The van der Waals surface area contributed by atoms with E-state index in [-0.39, 0.29) is 30.2 Å². The molecule has 7 heteroatoms. The number of rotatable bonds is 6. The zero-order valence-corrected chi connectivity index (χ0v) is 18.7. The topological polar surface area (TPSA) is 69.7 Å². The predicted molar refractivity (Wildman–Crippen MR) is 120 cm³/mol. The first-order valence-corrected chi connectivity index (χ1v) is 11.7. The Kier molecular flexibility index (Phi) is 5.43. The molecule has 1 aliphatic heterocycles. The van der Waals surface area contributed by atoms with Gasteiger partial charge in [0.1, 0.15) is 17.9 Å². The summed E-state index contributed by atoms with van der Waals surface area (Å²) >= 11 is 0. The Bertz CT molecular complexity index is 1100. The maximum atomic E-state index is 13.5. The molecule has 1 N–H and O–H groups in total. The molecule has 4 amide bonds. The number of carbonyl (C=O) groups excluding carboxylic acids is 3. The minimum absolute atomic E-state index is 0.0294. The average Bonchev–Trinajstić information content (AvgIpc) is 3.25. The molecule has 6 nitrogen and oxygen atoms in total. The fraction of sp³-hybridized carbons (Fsp3) is 0.423. The number of imide groups is 1. The number of urea groups is 1. The van der Waals surface area contributed by atoms with E-state index in [0.717, 1.165) is 40.9 Å². The number of aryl methyl sites for hydroxylation is 1. The van der Waals surface area contributed by atoms with Gasteiger partial charge in [0.05, 0.1) is 0 Å². The maximum absolute atomic E-state index is 13.5. The van der Waals surface area contributed by atoms with Gasteiger partial charge in [-0.1, -0.05) is 42.8 Å². The van der Waals surface area contributed by atoms with Crippen LogP contribution in [0.3, 0.4) is 0 Å². The van der Waals surface area contributed by atoms with Gasteiger partial charge in [0.15, 0.2) is 0 Å². The van der Waals surface area contributed by atoms with Gasteiger partial charge in [-0.3, -0.25) is 14.5 Å². The molecule has 1 spiro atoms. The highest BCUT2D eigenvalue weighted by molar-refractivity contribution is 6.09. The van der Waals surface area contributed by atoms with Crippen LogP contribution in [0.15, 0.2) is 48.5 Å². The molecule has 0 aromatic heterocycles. The predicted octanol–water partition coefficient (Wildman–Crippen LogP) is 3.74. The van der Waals surface area contributed by atoms with Crippen LogP contribution >= 0.6 is 0 Å². The van der Waals surface area contributed by atoms with Crippen molar-refractivity contribution in [1.82, 2.24) is 15.1 Å². The fourth-order valence-corrected chi connectivity index (χ4v) is 5.38. The lowest BCUT2D eigenvalue weighted by molar-refractivity contribution is -0.142. The number of hydrogen-bond donors (Lipinski definition) is 1. The molecule has 2 atom stereocenters. The van der Waals surface area contributed by atoms with Crippen molar-refractivity contribution in [2.75, 3.05) is 6.54 Å². The van der Waals surface area contributed by atoms with E-state index in [4.69, 9.17) is 0 Å². The van der Waals surface area contributed by atoms with Crippen molar-refractivity contribution in [2.45, 2.75) is 57.2 Å². The van der Waals surface area contributed by atoms with Crippen molar-refractivity contribution in [3.05, 3.63) is 71.0 Å². The molecule has 172 valence electrons. The molecule has 3 aliphatic rings. The summed E-state index contributed by atoms with van der Waals surface area (Å²) in [7, 11) is 0. The number of nitrogens with zero attached hydrogens (tertiary/aromatic N) is 2. The smallest absolute Gasteiger partial charge is 0.325 e. The van der Waals surface area contributed by atoms with Crippen LogP contribution in [0.1, 0.15) is 49.3 Å². The molecule has 2 aromatic carbocycles. The van der Waals surface area contributed by atoms with E-state index in [2.05, 4.69) is 5.32 Å². The fourth-order valence-electron chi connectivity index (χ4n) is 5.38. The van der Waals surface area contributed by atoms with Gasteiger partial charge in [0, 0.05) is 12.6 Å². The van der Waals surface area contributed by atoms with Crippen LogP contribution in [0.25, 0.3) is 0 Å². The van der Waals surface area contributed by atoms with Crippen molar-refractivity contribution in [3.63, 3.8) is 0 Å². The summed E-state index contributed by atoms with van der Waals surface area (Å²) in [5.74, 6) is -0.565.